The smallest absolute Gasteiger partial charge is 0.309 e. The summed E-state index contributed by atoms with van der Waals surface area (Å²) >= 11 is 0. The van der Waals surface area contributed by atoms with Crippen LogP contribution in [0.5, 0.6) is 0 Å². The highest BCUT2D eigenvalue weighted by atomic mass is 16.5. The molecule has 1 N–H and O–H groups in total. The van der Waals surface area contributed by atoms with Gasteiger partial charge in [0, 0.05) is 0 Å². The minimum atomic E-state index is -0.427. The van der Waals surface area contributed by atoms with Gasteiger partial charge in [-0.15, -0.1) is 0 Å². The third-order valence-electron chi connectivity index (χ3n) is 8.45. The number of rotatable bonds is 1. The minimum absolute atomic E-state index is 0.0181. The summed E-state index contributed by atoms with van der Waals surface area (Å²) in [6, 6.07) is 0. The molecule has 4 aliphatic rings. The van der Waals surface area contributed by atoms with E-state index < -0.39 is 5.60 Å². The number of hydrogen-bond acceptors (Lipinski definition) is 3. The molecule has 4 saturated carbocycles. The lowest BCUT2D eigenvalue weighted by molar-refractivity contribution is -0.192. The average molecular weight is 320 g/mol. The van der Waals surface area contributed by atoms with E-state index in [9.17, 15) is 9.90 Å². The Kier molecular flexibility index (Phi) is 3.61. The van der Waals surface area contributed by atoms with Crippen LogP contribution in [-0.4, -0.2) is 23.8 Å². The Balaban J connectivity index is 1.50. The molecule has 8 atom stereocenters. The first-order chi connectivity index (χ1) is 10.9. The van der Waals surface area contributed by atoms with Gasteiger partial charge in [0.05, 0.1) is 18.6 Å². The highest BCUT2D eigenvalue weighted by molar-refractivity contribution is 5.74. The number of methoxy groups -OCH3 is 1. The second-order valence-electron chi connectivity index (χ2n) is 9.53. The van der Waals surface area contributed by atoms with Gasteiger partial charge in [-0.25, -0.2) is 0 Å². The summed E-state index contributed by atoms with van der Waals surface area (Å²) in [5, 5.41) is 10.4. The van der Waals surface area contributed by atoms with Crippen molar-refractivity contribution >= 4 is 5.97 Å². The summed E-state index contributed by atoms with van der Waals surface area (Å²) in [4.78, 5) is 12.1. The molecule has 4 fully saturated rings. The Morgan fingerprint density at radius 1 is 1.04 bits per heavy atom. The molecule has 0 radical (unpaired) electrons. The fraction of sp³-hybridized carbons (Fsp3) is 0.950. The molecular formula is C20H32O3. The van der Waals surface area contributed by atoms with Crippen LogP contribution < -0.4 is 0 Å². The van der Waals surface area contributed by atoms with Crippen LogP contribution in [0.3, 0.4) is 0 Å². The molecule has 0 bridgehead atoms. The Morgan fingerprint density at radius 2 is 1.78 bits per heavy atom. The van der Waals surface area contributed by atoms with E-state index in [1.807, 2.05) is 6.92 Å². The van der Waals surface area contributed by atoms with Crippen LogP contribution in [0.2, 0.25) is 0 Å². The molecule has 1 unspecified atom stereocenters. The standard InChI is InChI=1S/C20H32O3/c1-19(22)8-6-13-12(11-19)4-5-15-14(13)7-9-20(2)16(15)10-17(20)18(21)23-3/h12-17,22H,4-11H2,1-3H3/t12-,13+,14-,15-,16+,17?,19-,20+/m1/s1. The molecule has 23 heavy (non-hydrogen) atoms. The predicted molar refractivity (Wildman–Crippen MR) is 88.6 cm³/mol. The number of carbonyl (C=O) groups excluding carboxylic acids is 1. The van der Waals surface area contributed by atoms with E-state index >= 15 is 0 Å². The zero-order valence-corrected chi connectivity index (χ0v) is 14.9. The van der Waals surface area contributed by atoms with Gasteiger partial charge in [0.15, 0.2) is 0 Å². The van der Waals surface area contributed by atoms with Gasteiger partial charge in [-0.05, 0) is 93.3 Å². The maximum Gasteiger partial charge on any atom is 0.309 e. The molecule has 3 nitrogen and oxygen atoms in total. The number of carbonyl (C=O) groups is 1. The molecule has 0 aromatic heterocycles. The van der Waals surface area contributed by atoms with Gasteiger partial charge in [0.1, 0.15) is 0 Å². The van der Waals surface area contributed by atoms with E-state index in [0.29, 0.717) is 0 Å². The lowest BCUT2D eigenvalue weighted by Crippen LogP contribution is -2.60. The molecule has 3 heteroatoms. The molecule has 0 aromatic carbocycles. The summed E-state index contributed by atoms with van der Waals surface area (Å²) in [5.41, 5.74) is -0.231. The van der Waals surface area contributed by atoms with E-state index in [1.165, 1.54) is 39.2 Å². The predicted octanol–water partition coefficient (Wildman–Crippen LogP) is 3.79. The molecule has 0 saturated heterocycles. The zero-order chi connectivity index (χ0) is 16.4. The van der Waals surface area contributed by atoms with E-state index in [1.54, 1.807) is 0 Å². The highest BCUT2D eigenvalue weighted by Crippen LogP contribution is 2.67. The maximum absolute atomic E-state index is 12.1. The number of ether oxygens (including phenoxy) is 1. The first kappa shape index (κ1) is 15.9. The molecule has 0 spiro atoms. The van der Waals surface area contributed by atoms with Crippen molar-refractivity contribution in [3.8, 4) is 0 Å². The van der Waals surface area contributed by atoms with Gasteiger partial charge >= 0.3 is 5.97 Å². The van der Waals surface area contributed by atoms with Crippen LogP contribution in [0.1, 0.15) is 65.2 Å². The second kappa shape index (κ2) is 5.21. The van der Waals surface area contributed by atoms with Crippen molar-refractivity contribution in [3.63, 3.8) is 0 Å². The van der Waals surface area contributed by atoms with Crippen LogP contribution >= 0.6 is 0 Å². The molecule has 4 aliphatic carbocycles. The minimum Gasteiger partial charge on any atom is -0.469 e. The van der Waals surface area contributed by atoms with E-state index in [-0.39, 0.29) is 17.3 Å². The average Bonchev–Trinajstić information content (AvgIpc) is 2.50. The summed E-state index contributed by atoms with van der Waals surface area (Å²) < 4.78 is 5.05. The number of hydrogen-bond donors (Lipinski definition) is 1. The van der Waals surface area contributed by atoms with Gasteiger partial charge in [-0.2, -0.15) is 0 Å². The third kappa shape index (κ3) is 2.29. The van der Waals surface area contributed by atoms with Crippen molar-refractivity contribution < 1.29 is 14.6 Å². The van der Waals surface area contributed by atoms with Crippen LogP contribution in [0.25, 0.3) is 0 Å². The van der Waals surface area contributed by atoms with Crippen LogP contribution in [0, 0.1) is 40.9 Å². The monoisotopic (exact) mass is 320 g/mol. The van der Waals surface area contributed by atoms with Crippen LogP contribution in [0.15, 0.2) is 0 Å². The van der Waals surface area contributed by atoms with Crippen molar-refractivity contribution in [1.82, 2.24) is 0 Å². The van der Waals surface area contributed by atoms with Crippen molar-refractivity contribution in [1.29, 1.82) is 0 Å². The van der Waals surface area contributed by atoms with Gasteiger partial charge in [-0.3, -0.25) is 4.79 Å². The third-order valence-corrected chi connectivity index (χ3v) is 8.45. The van der Waals surface area contributed by atoms with Crippen molar-refractivity contribution in [2.45, 2.75) is 70.8 Å². The Bertz CT molecular complexity index is 499. The first-order valence-electron chi connectivity index (χ1n) is 9.66. The largest absolute Gasteiger partial charge is 0.469 e. The summed E-state index contributed by atoms with van der Waals surface area (Å²) in [7, 11) is 1.53. The Hall–Kier alpha value is -0.570. The topological polar surface area (TPSA) is 46.5 Å². The van der Waals surface area contributed by atoms with Crippen LogP contribution in [-0.2, 0) is 9.53 Å². The number of esters is 1. The molecule has 0 heterocycles. The normalized spacial score (nSPS) is 55.0. The van der Waals surface area contributed by atoms with Gasteiger partial charge in [0.25, 0.3) is 0 Å². The second-order valence-corrected chi connectivity index (χ2v) is 9.53. The summed E-state index contributed by atoms with van der Waals surface area (Å²) in [5.74, 6) is 4.12. The molecule has 0 aromatic rings. The molecule has 0 amide bonds. The van der Waals surface area contributed by atoms with Crippen molar-refractivity contribution in [3.05, 3.63) is 0 Å². The molecular weight excluding hydrogens is 288 g/mol. The van der Waals surface area contributed by atoms with Gasteiger partial charge in [0.2, 0.25) is 0 Å². The van der Waals surface area contributed by atoms with Gasteiger partial charge < -0.3 is 9.84 Å². The number of fused-ring (bicyclic) bond motifs is 5. The summed E-state index contributed by atoms with van der Waals surface area (Å²) in [6.45, 7) is 4.37. The fourth-order valence-corrected chi connectivity index (χ4v) is 7.18. The molecule has 4 rings (SSSR count). The maximum atomic E-state index is 12.1. The Labute approximate surface area is 140 Å². The highest BCUT2D eigenvalue weighted by Gasteiger charge is 2.62. The van der Waals surface area contributed by atoms with Crippen molar-refractivity contribution in [2.75, 3.05) is 7.11 Å². The van der Waals surface area contributed by atoms with E-state index in [0.717, 1.165) is 48.9 Å². The molecule has 0 aliphatic heterocycles. The lowest BCUT2D eigenvalue weighted by Gasteiger charge is -2.64. The molecule has 130 valence electrons. The first-order valence-corrected chi connectivity index (χ1v) is 9.66. The van der Waals surface area contributed by atoms with Crippen molar-refractivity contribution in [2.24, 2.45) is 40.9 Å². The van der Waals surface area contributed by atoms with E-state index in [2.05, 4.69) is 6.92 Å². The Morgan fingerprint density at radius 3 is 2.52 bits per heavy atom. The van der Waals surface area contributed by atoms with Crippen LogP contribution in [0.4, 0.5) is 0 Å². The van der Waals surface area contributed by atoms with E-state index in [4.69, 9.17) is 4.74 Å². The fourth-order valence-electron chi connectivity index (χ4n) is 7.18. The zero-order valence-electron chi connectivity index (χ0n) is 14.9. The van der Waals surface area contributed by atoms with Gasteiger partial charge in [-0.1, -0.05) is 6.92 Å². The lowest BCUT2D eigenvalue weighted by atomic mass is 9.40. The number of aliphatic hydroxyl groups is 1. The SMILES string of the molecule is COC(=O)C1C[C@H]2[C@@H]3CC[C@@H]4C[C@](C)(O)CC[C@@H]4[C@H]3CC[C@]12C. The summed E-state index contributed by atoms with van der Waals surface area (Å²) in [6.07, 6.45) is 9.33. The quantitative estimate of drug-likeness (QED) is 0.748.